The molecule has 0 aliphatic carbocycles. The summed E-state index contributed by atoms with van der Waals surface area (Å²) in [6.07, 6.45) is 1.38. The molecule has 0 saturated carbocycles. The predicted molar refractivity (Wildman–Crippen MR) is 28.6 cm³/mol. The van der Waals surface area contributed by atoms with Crippen LogP contribution in [0.25, 0.3) is 0 Å². The third kappa shape index (κ3) is 0.665. The van der Waals surface area contributed by atoms with Crippen LogP contribution in [-0.4, -0.2) is 4.74 Å². The van der Waals surface area contributed by atoms with Gasteiger partial charge < -0.3 is 4.52 Å². The number of nitrogens with zero attached hydrogens (tertiary/aromatic N) is 1. The first-order chi connectivity index (χ1) is 3.84. The molecule has 3 heteroatoms. The highest BCUT2D eigenvalue weighted by atomic mass is 16.5. The van der Waals surface area contributed by atoms with Gasteiger partial charge in [-0.3, -0.25) is 4.79 Å². The van der Waals surface area contributed by atoms with Crippen LogP contribution >= 0.6 is 0 Å². The van der Waals surface area contributed by atoms with Crippen molar-refractivity contribution in [2.75, 3.05) is 0 Å². The minimum absolute atomic E-state index is 0.0764. The number of hydrogen-bond donors (Lipinski definition) is 0. The SMILES string of the molecule is CCn1occc1=O. The molecule has 1 rings (SSSR count). The van der Waals surface area contributed by atoms with Crippen molar-refractivity contribution in [2.24, 2.45) is 0 Å². The molecule has 0 fully saturated rings. The fraction of sp³-hybridized carbons (Fsp3) is 0.400. The summed E-state index contributed by atoms with van der Waals surface area (Å²) in [5, 5.41) is 0. The second kappa shape index (κ2) is 1.86. The number of hydrogen-bond acceptors (Lipinski definition) is 2. The van der Waals surface area contributed by atoms with Crippen LogP contribution in [0.5, 0.6) is 0 Å². The zero-order valence-electron chi connectivity index (χ0n) is 4.63. The molecule has 0 spiro atoms. The average molecular weight is 113 g/mol. The van der Waals surface area contributed by atoms with Gasteiger partial charge >= 0.3 is 0 Å². The number of aromatic nitrogens is 1. The summed E-state index contributed by atoms with van der Waals surface area (Å²) in [7, 11) is 0. The van der Waals surface area contributed by atoms with E-state index in [1.165, 1.54) is 17.1 Å². The zero-order valence-corrected chi connectivity index (χ0v) is 4.63. The van der Waals surface area contributed by atoms with Gasteiger partial charge in [-0.05, 0) is 6.92 Å². The summed E-state index contributed by atoms with van der Waals surface area (Å²) < 4.78 is 6.00. The van der Waals surface area contributed by atoms with E-state index in [1.807, 2.05) is 6.92 Å². The minimum atomic E-state index is -0.0764. The molecule has 0 radical (unpaired) electrons. The van der Waals surface area contributed by atoms with Crippen LogP contribution in [0.1, 0.15) is 6.92 Å². The largest absolute Gasteiger partial charge is 0.384 e. The molecule has 1 heterocycles. The Balaban J connectivity index is 3.11. The molecule has 0 bridgehead atoms. The third-order valence-corrected chi connectivity index (χ3v) is 0.932. The summed E-state index contributed by atoms with van der Waals surface area (Å²) in [6.45, 7) is 2.46. The van der Waals surface area contributed by atoms with Gasteiger partial charge in [0.1, 0.15) is 6.26 Å². The van der Waals surface area contributed by atoms with Crippen molar-refractivity contribution in [3.63, 3.8) is 0 Å². The van der Waals surface area contributed by atoms with Crippen molar-refractivity contribution in [1.82, 2.24) is 4.74 Å². The summed E-state index contributed by atoms with van der Waals surface area (Å²) in [4.78, 5) is 10.5. The second-order valence-electron chi connectivity index (χ2n) is 1.44. The Kier molecular flexibility index (Phi) is 1.20. The van der Waals surface area contributed by atoms with Crippen LogP contribution in [0.3, 0.4) is 0 Å². The van der Waals surface area contributed by atoms with Crippen molar-refractivity contribution in [3.8, 4) is 0 Å². The normalized spacial score (nSPS) is 9.62. The Bertz CT molecular complexity index is 210. The molecule has 0 saturated heterocycles. The number of aryl methyl sites for hydroxylation is 1. The lowest BCUT2D eigenvalue weighted by atomic mass is 10.7. The van der Waals surface area contributed by atoms with E-state index < -0.39 is 0 Å². The van der Waals surface area contributed by atoms with E-state index in [-0.39, 0.29) is 5.56 Å². The predicted octanol–water partition coefficient (Wildman–Crippen LogP) is 0.461. The third-order valence-electron chi connectivity index (χ3n) is 0.932. The van der Waals surface area contributed by atoms with E-state index in [4.69, 9.17) is 4.52 Å². The van der Waals surface area contributed by atoms with Gasteiger partial charge in [0.25, 0.3) is 5.56 Å². The standard InChI is InChI=1S/C5H7NO2/c1-2-6-5(7)3-4-8-6/h3-4H,2H2,1H3. The first-order valence-electron chi connectivity index (χ1n) is 2.49. The van der Waals surface area contributed by atoms with Crippen LogP contribution in [0.4, 0.5) is 0 Å². The second-order valence-corrected chi connectivity index (χ2v) is 1.44. The average Bonchev–Trinajstić information content (AvgIpc) is 2.14. The fourth-order valence-corrected chi connectivity index (χ4v) is 0.528. The molecule has 0 atom stereocenters. The molecule has 1 aromatic heterocycles. The molecule has 3 nitrogen and oxygen atoms in total. The van der Waals surface area contributed by atoms with Gasteiger partial charge in [0, 0.05) is 6.07 Å². The molecule has 0 N–H and O–H groups in total. The van der Waals surface area contributed by atoms with Crippen molar-refractivity contribution < 1.29 is 4.52 Å². The van der Waals surface area contributed by atoms with E-state index in [0.717, 1.165) is 0 Å². The Labute approximate surface area is 46.5 Å². The summed E-state index contributed by atoms with van der Waals surface area (Å²) in [6, 6.07) is 1.39. The van der Waals surface area contributed by atoms with Crippen LogP contribution in [0, 0.1) is 0 Å². The first kappa shape index (κ1) is 5.15. The van der Waals surface area contributed by atoms with Crippen LogP contribution in [0.2, 0.25) is 0 Å². The van der Waals surface area contributed by atoms with Gasteiger partial charge in [0.2, 0.25) is 0 Å². The quantitative estimate of drug-likeness (QED) is 0.530. The van der Waals surface area contributed by atoms with E-state index in [9.17, 15) is 4.79 Å². The number of rotatable bonds is 1. The molecule has 0 unspecified atom stereocenters. The molecule has 0 aliphatic heterocycles. The topological polar surface area (TPSA) is 35.1 Å². The van der Waals surface area contributed by atoms with Crippen molar-refractivity contribution >= 4 is 0 Å². The lowest BCUT2D eigenvalue weighted by Crippen LogP contribution is -2.10. The van der Waals surface area contributed by atoms with E-state index in [1.54, 1.807) is 0 Å². The molecule has 0 aromatic carbocycles. The lowest BCUT2D eigenvalue weighted by molar-refractivity contribution is 0.269. The van der Waals surface area contributed by atoms with Gasteiger partial charge in [-0.2, -0.15) is 4.74 Å². The van der Waals surface area contributed by atoms with Crippen LogP contribution in [-0.2, 0) is 6.54 Å². The Hall–Kier alpha value is -0.990. The fourth-order valence-electron chi connectivity index (χ4n) is 0.528. The molecule has 0 aliphatic rings. The molecule has 0 amide bonds. The summed E-state index contributed by atoms with van der Waals surface area (Å²) >= 11 is 0. The van der Waals surface area contributed by atoms with E-state index >= 15 is 0 Å². The van der Waals surface area contributed by atoms with Crippen LogP contribution in [0.15, 0.2) is 21.6 Å². The lowest BCUT2D eigenvalue weighted by Gasteiger charge is -1.86. The van der Waals surface area contributed by atoms with Gasteiger partial charge in [-0.1, -0.05) is 0 Å². The Morgan fingerprint density at radius 1 is 1.88 bits per heavy atom. The monoisotopic (exact) mass is 113 g/mol. The van der Waals surface area contributed by atoms with E-state index in [2.05, 4.69) is 0 Å². The molecular weight excluding hydrogens is 106 g/mol. The highest BCUT2D eigenvalue weighted by Crippen LogP contribution is 1.78. The Morgan fingerprint density at radius 2 is 2.62 bits per heavy atom. The highest BCUT2D eigenvalue weighted by Gasteiger charge is 1.89. The van der Waals surface area contributed by atoms with Crippen molar-refractivity contribution in [2.45, 2.75) is 13.5 Å². The van der Waals surface area contributed by atoms with Gasteiger partial charge in [-0.25, -0.2) is 0 Å². The molecule has 1 aromatic rings. The maximum Gasteiger partial charge on any atom is 0.282 e. The maximum atomic E-state index is 10.5. The first-order valence-corrected chi connectivity index (χ1v) is 2.49. The van der Waals surface area contributed by atoms with Crippen molar-refractivity contribution in [1.29, 1.82) is 0 Å². The van der Waals surface area contributed by atoms with Crippen LogP contribution < -0.4 is 5.56 Å². The van der Waals surface area contributed by atoms with Crippen molar-refractivity contribution in [3.05, 3.63) is 22.7 Å². The van der Waals surface area contributed by atoms with E-state index in [0.29, 0.717) is 6.54 Å². The Morgan fingerprint density at radius 3 is 2.88 bits per heavy atom. The van der Waals surface area contributed by atoms with Gasteiger partial charge in [-0.15, -0.1) is 0 Å². The van der Waals surface area contributed by atoms with Gasteiger partial charge in [0.05, 0.1) is 6.54 Å². The summed E-state index contributed by atoms with van der Waals surface area (Å²) in [5.74, 6) is 0. The zero-order chi connectivity index (χ0) is 5.98. The molecule has 44 valence electrons. The maximum absolute atomic E-state index is 10.5. The molecule has 8 heavy (non-hydrogen) atoms. The summed E-state index contributed by atoms with van der Waals surface area (Å²) in [5.41, 5.74) is -0.0764. The highest BCUT2D eigenvalue weighted by molar-refractivity contribution is 4.74. The minimum Gasteiger partial charge on any atom is -0.384 e. The van der Waals surface area contributed by atoms with Gasteiger partial charge in [0.15, 0.2) is 0 Å². The molecular formula is C5H7NO2. The smallest absolute Gasteiger partial charge is 0.282 e.